The predicted molar refractivity (Wildman–Crippen MR) is 121 cm³/mol. The van der Waals surface area contributed by atoms with Gasteiger partial charge in [-0.3, -0.25) is 18.9 Å². The largest absolute Gasteiger partial charge is 0.383 e. The average Bonchev–Trinajstić information content (AvgIpc) is 2.94. The third-order valence-electron chi connectivity index (χ3n) is 4.43. The number of amides is 1. The van der Waals surface area contributed by atoms with E-state index in [9.17, 15) is 9.59 Å². The van der Waals surface area contributed by atoms with Crippen LogP contribution in [0.5, 0.6) is 0 Å². The summed E-state index contributed by atoms with van der Waals surface area (Å²) in [7, 11) is 1.57. The number of aryl methyl sites for hydroxylation is 1. The number of rotatable bonds is 7. The van der Waals surface area contributed by atoms with Gasteiger partial charge in [0.25, 0.3) is 11.5 Å². The average molecular weight is 433 g/mol. The van der Waals surface area contributed by atoms with Crippen molar-refractivity contribution in [2.75, 3.05) is 32.1 Å². The summed E-state index contributed by atoms with van der Waals surface area (Å²) >= 11 is 6.51. The number of thioether (sulfide) groups is 1. The van der Waals surface area contributed by atoms with Crippen molar-refractivity contribution in [3.05, 3.63) is 44.7 Å². The molecule has 0 spiro atoms. The van der Waals surface area contributed by atoms with Crippen molar-refractivity contribution in [3.63, 3.8) is 0 Å². The molecule has 0 radical (unpaired) electrons. The molecule has 3 rings (SSSR count). The highest BCUT2D eigenvalue weighted by Gasteiger charge is 2.32. The molecule has 2 aromatic rings. The van der Waals surface area contributed by atoms with E-state index in [2.05, 4.69) is 24.1 Å². The van der Waals surface area contributed by atoms with Gasteiger partial charge in [0.15, 0.2) is 0 Å². The number of hydrogen-bond donors (Lipinski definition) is 1. The first-order chi connectivity index (χ1) is 13.8. The van der Waals surface area contributed by atoms with Crippen LogP contribution in [0.1, 0.15) is 25.0 Å². The SMILES string of the molecule is COCCN1C(=O)/C(=C\c2c(NCC(C)C)nc3c(C)cccn3c2=O)SC1=S. The minimum absolute atomic E-state index is 0.222. The molecule has 1 N–H and O–H groups in total. The Hall–Kier alpha value is -2.23. The van der Waals surface area contributed by atoms with Gasteiger partial charge < -0.3 is 10.1 Å². The van der Waals surface area contributed by atoms with E-state index in [0.717, 1.165) is 5.56 Å². The number of aromatic nitrogens is 2. The van der Waals surface area contributed by atoms with Gasteiger partial charge in [0.05, 0.1) is 23.6 Å². The Morgan fingerprint density at radius 1 is 1.38 bits per heavy atom. The van der Waals surface area contributed by atoms with Gasteiger partial charge in [-0.25, -0.2) is 4.98 Å². The molecular formula is C20H24N4O3S2. The Morgan fingerprint density at radius 3 is 2.83 bits per heavy atom. The zero-order chi connectivity index (χ0) is 21.1. The van der Waals surface area contributed by atoms with Gasteiger partial charge in [0.2, 0.25) is 0 Å². The monoisotopic (exact) mass is 432 g/mol. The lowest BCUT2D eigenvalue weighted by molar-refractivity contribution is -0.122. The summed E-state index contributed by atoms with van der Waals surface area (Å²) in [6.45, 7) is 7.49. The number of fused-ring (bicyclic) bond motifs is 1. The summed E-state index contributed by atoms with van der Waals surface area (Å²) in [5.74, 6) is 0.619. The van der Waals surface area contributed by atoms with Crippen LogP contribution in [0.4, 0.5) is 5.82 Å². The van der Waals surface area contributed by atoms with Gasteiger partial charge in [-0.05, 0) is 30.5 Å². The Labute approximate surface area is 179 Å². The van der Waals surface area contributed by atoms with E-state index in [1.807, 2.05) is 13.0 Å². The highest BCUT2D eigenvalue weighted by atomic mass is 32.2. The number of anilines is 1. The number of methoxy groups -OCH3 is 1. The predicted octanol–water partition coefficient (Wildman–Crippen LogP) is 2.92. The highest BCUT2D eigenvalue weighted by molar-refractivity contribution is 8.26. The third kappa shape index (κ3) is 4.52. The molecular weight excluding hydrogens is 408 g/mol. The van der Waals surface area contributed by atoms with Crippen LogP contribution in [0.2, 0.25) is 0 Å². The molecule has 0 aromatic carbocycles. The van der Waals surface area contributed by atoms with Crippen molar-refractivity contribution in [2.24, 2.45) is 5.92 Å². The zero-order valence-corrected chi connectivity index (χ0v) is 18.5. The van der Waals surface area contributed by atoms with Gasteiger partial charge >= 0.3 is 0 Å². The summed E-state index contributed by atoms with van der Waals surface area (Å²) in [5.41, 5.74) is 1.61. The lowest BCUT2D eigenvalue weighted by atomic mass is 10.2. The Bertz CT molecular complexity index is 1050. The molecule has 7 nitrogen and oxygen atoms in total. The lowest BCUT2D eigenvalue weighted by Crippen LogP contribution is -2.31. The second kappa shape index (κ2) is 9.06. The number of nitrogens with one attached hydrogen (secondary N) is 1. The molecule has 0 bridgehead atoms. The number of carbonyl (C=O) groups is 1. The fraction of sp³-hybridized carbons (Fsp3) is 0.400. The van der Waals surface area contributed by atoms with E-state index in [-0.39, 0.29) is 11.5 Å². The number of thiocarbonyl (C=S) groups is 1. The van der Waals surface area contributed by atoms with Crippen molar-refractivity contribution >= 4 is 51.7 Å². The molecule has 3 heterocycles. The van der Waals surface area contributed by atoms with E-state index in [1.54, 1.807) is 25.4 Å². The molecule has 1 fully saturated rings. The molecule has 0 atom stereocenters. The quantitative estimate of drug-likeness (QED) is 0.532. The molecule has 29 heavy (non-hydrogen) atoms. The number of pyridine rings is 1. The van der Waals surface area contributed by atoms with Gasteiger partial charge in [-0.15, -0.1) is 0 Å². The third-order valence-corrected chi connectivity index (χ3v) is 5.81. The number of ether oxygens (including phenoxy) is 1. The van der Waals surface area contributed by atoms with Crippen molar-refractivity contribution < 1.29 is 9.53 Å². The summed E-state index contributed by atoms with van der Waals surface area (Å²) in [6.07, 6.45) is 3.28. The minimum Gasteiger partial charge on any atom is -0.383 e. The highest BCUT2D eigenvalue weighted by Crippen LogP contribution is 2.32. The first kappa shape index (κ1) is 21.5. The van der Waals surface area contributed by atoms with Crippen LogP contribution in [-0.2, 0) is 9.53 Å². The first-order valence-electron chi connectivity index (χ1n) is 9.33. The Morgan fingerprint density at radius 2 is 2.14 bits per heavy atom. The molecule has 1 aliphatic rings. The maximum absolute atomic E-state index is 13.2. The molecule has 9 heteroatoms. The van der Waals surface area contributed by atoms with Crippen molar-refractivity contribution in [1.82, 2.24) is 14.3 Å². The second-order valence-electron chi connectivity index (χ2n) is 7.16. The van der Waals surface area contributed by atoms with Gasteiger partial charge in [0, 0.05) is 19.9 Å². The van der Waals surface area contributed by atoms with Crippen LogP contribution in [0.15, 0.2) is 28.0 Å². The molecule has 0 aliphatic carbocycles. The van der Waals surface area contributed by atoms with Crippen LogP contribution >= 0.6 is 24.0 Å². The fourth-order valence-corrected chi connectivity index (χ4v) is 4.17. The number of carbonyl (C=O) groups excluding carboxylic acids is 1. The molecule has 2 aromatic heterocycles. The van der Waals surface area contributed by atoms with E-state index >= 15 is 0 Å². The van der Waals surface area contributed by atoms with Crippen molar-refractivity contribution in [1.29, 1.82) is 0 Å². The van der Waals surface area contributed by atoms with Gasteiger partial charge in [-0.2, -0.15) is 0 Å². The van der Waals surface area contributed by atoms with Crippen LogP contribution in [0, 0.1) is 12.8 Å². The van der Waals surface area contributed by atoms with Crippen LogP contribution in [-0.4, -0.2) is 51.3 Å². The Balaban J connectivity index is 2.10. The van der Waals surface area contributed by atoms with Crippen LogP contribution in [0.25, 0.3) is 11.7 Å². The van der Waals surface area contributed by atoms with Gasteiger partial charge in [-0.1, -0.05) is 43.9 Å². The fourth-order valence-electron chi connectivity index (χ4n) is 2.88. The maximum atomic E-state index is 13.2. The molecule has 1 aliphatic heterocycles. The topological polar surface area (TPSA) is 75.9 Å². The van der Waals surface area contributed by atoms with E-state index < -0.39 is 0 Å². The number of hydrogen-bond acceptors (Lipinski definition) is 7. The minimum atomic E-state index is -0.230. The van der Waals surface area contributed by atoms with Crippen LogP contribution in [0.3, 0.4) is 0 Å². The zero-order valence-electron chi connectivity index (χ0n) is 16.9. The van der Waals surface area contributed by atoms with Crippen LogP contribution < -0.4 is 10.9 Å². The molecule has 0 unspecified atom stereocenters. The van der Waals surface area contributed by atoms with Crippen molar-refractivity contribution in [3.8, 4) is 0 Å². The first-order valence-corrected chi connectivity index (χ1v) is 10.6. The summed E-state index contributed by atoms with van der Waals surface area (Å²) in [5, 5.41) is 3.26. The molecule has 1 saturated heterocycles. The molecule has 1 amide bonds. The lowest BCUT2D eigenvalue weighted by Gasteiger charge is -2.14. The van der Waals surface area contributed by atoms with E-state index in [1.165, 1.54) is 21.1 Å². The van der Waals surface area contributed by atoms with Gasteiger partial charge in [0.1, 0.15) is 15.8 Å². The summed E-state index contributed by atoms with van der Waals surface area (Å²) in [6, 6.07) is 3.72. The summed E-state index contributed by atoms with van der Waals surface area (Å²) in [4.78, 5) is 32.6. The van der Waals surface area contributed by atoms with Crippen molar-refractivity contribution in [2.45, 2.75) is 20.8 Å². The summed E-state index contributed by atoms with van der Waals surface area (Å²) < 4.78 is 7.02. The normalized spacial score (nSPS) is 15.9. The smallest absolute Gasteiger partial charge is 0.267 e. The molecule has 154 valence electrons. The maximum Gasteiger partial charge on any atom is 0.267 e. The number of nitrogens with zero attached hydrogens (tertiary/aromatic N) is 3. The second-order valence-corrected chi connectivity index (χ2v) is 8.84. The Kier molecular flexibility index (Phi) is 6.71. The van der Waals surface area contributed by atoms with E-state index in [4.69, 9.17) is 17.0 Å². The molecule has 0 saturated carbocycles. The van der Waals surface area contributed by atoms with E-state index in [0.29, 0.717) is 51.9 Å². The standard InChI is InChI=1S/C20H24N4O3S2/c1-12(2)11-21-16-14(18(25)23-7-5-6-13(3)17(23)22-16)10-15-19(26)24(8-9-27-4)20(28)29-15/h5-7,10,12,21H,8-9,11H2,1-4H3/b15-10+.